The minimum absolute atomic E-state index is 0.493. The highest BCUT2D eigenvalue weighted by Crippen LogP contribution is 2.21. The lowest BCUT2D eigenvalue weighted by Crippen LogP contribution is -2.22. The first-order valence-electron chi connectivity index (χ1n) is 4.66. The number of nitrogens with zero attached hydrogens (tertiary/aromatic N) is 3. The zero-order chi connectivity index (χ0) is 9.84. The molecule has 0 aliphatic heterocycles. The lowest BCUT2D eigenvalue weighted by atomic mass is 9.93. The van der Waals surface area contributed by atoms with Crippen molar-refractivity contribution in [2.45, 2.75) is 19.8 Å². The monoisotopic (exact) mass is 182 g/mol. The van der Waals surface area contributed by atoms with Gasteiger partial charge in [-0.05, 0) is 19.5 Å². The number of aryl methyl sites for hydroxylation is 1. The Morgan fingerprint density at radius 1 is 1.54 bits per heavy atom. The van der Waals surface area contributed by atoms with Crippen molar-refractivity contribution in [1.29, 1.82) is 0 Å². The lowest BCUT2D eigenvalue weighted by Gasteiger charge is -2.18. The molecular formula is C9H18N4. The number of nitrogens with one attached hydrogen (secondary N) is 1. The van der Waals surface area contributed by atoms with Crippen LogP contribution in [-0.4, -0.2) is 28.6 Å². The fraction of sp³-hybridized carbons (Fsp3) is 0.778. The third-order valence-corrected chi connectivity index (χ3v) is 2.60. The Kier molecular flexibility index (Phi) is 3.42. The zero-order valence-corrected chi connectivity index (χ0v) is 8.78. The topological polar surface area (TPSA) is 42.7 Å². The molecule has 2 unspecified atom stereocenters. The van der Waals surface area contributed by atoms with Gasteiger partial charge in [0.25, 0.3) is 0 Å². The Hall–Kier alpha value is -0.900. The third-order valence-electron chi connectivity index (χ3n) is 2.60. The Bertz CT molecular complexity index is 256. The van der Waals surface area contributed by atoms with E-state index in [4.69, 9.17) is 0 Å². The Morgan fingerprint density at radius 3 is 2.69 bits per heavy atom. The van der Waals surface area contributed by atoms with E-state index < -0.39 is 0 Å². The molecule has 0 aliphatic carbocycles. The smallest absolute Gasteiger partial charge is 0.0727 e. The fourth-order valence-electron chi connectivity index (χ4n) is 1.50. The second-order valence-electron chi connectivity index (χ2n) is 3.61. The van der Waals surface area contributed by atoms with E-state index in [1.54, 1.807) is 0 Å². The van der Waals surface area contributed by atoms with Crippen LogP contribution in [-0.2, 0) is 7.05 Å². The Balaban J connectivity index is 2.67. The van der Waals surface area contributed by atoms with E-state index in [-0.39, 0.29) is 0 Å². The molecule has 0 aromatic carbocycles. The van der Waals surface area contributed by atoms with Gasteiger partial charge in [-0.2, -0.15) is 0 Å². The average molecular weight is 182 g/mol. The highest BCUT2D eigenvalue weighted by atomic mass is 15.4. The summed E-state index contributed by atoms with van der Waals surface area (Å²) in [5, 5.41) is 11.0. The summed E-state index contributed by atoms with van der Waals surface area (Å²) < 4.78 is 1.84. The highest BCUT2D eigenvalue weighted by molar-refractivity contribution is 5.02. The van der Waals surface area contributed by atoms with Crippen LogP contribution >= 0.6 is 0 Å². The molecule has 1 aromatic heterocycles. The molecule has 0 fully saturated rings. The fourth-order valence-corrected chi connectivity index (χ4v) is 1.50. The van der Waals surface area contributed by atoms with Crippen LogP contribution in [0.3, 0.4) is 0 Å². The van der Waals surface area contributed by atoms with E-state index in [0.717, 1.165) is 6.54 Å². The molecule has 4 heteroatoms. The van der Waals surface area contributed by atoms with Crippen molar-refractivity contribution in [3.8, 4) is 0 Å². The molecule has 13 heavy (non-hydrogen) atoms. The first-order valence-corrected chi connectivity index (χ1v) is 4.66. The van der Waals surface area contributed by atoms with Gasteiger partial charge in [0, 0.05) is 13.0 Å². The van der Waals surface area contributed by atoms with Crippen LogP contribution in [0.1, 0.15) is 25.5 Å². The maximum atomic E-state index is 3.93. The van der Waals surface area contributed by atoms with Gasteiger partial charge in [-0.15, -0.1) is 5.10 Å². The molecule has 1 rings (SSSR count). The number of rotatable bonds is 4. The van der Waals surface area contributed by atoms with E-state index in [1.165, 1.54) is 5.69 Å². The Labute approximate surface area is 79.3 Å². The van der Waals surface area contributed by atoms with Gasteiger partial charge < -0.3 is 5.32 Å². The van der Waals surface area contributed by atoms with Crippen molar-refractivity contribution in [2.75, 3.05) is 13.6 Å². The van der Waals surface area contributed by atoms with Gasteiger partial charge in [0.15, 0.2) is 0 Å². The maximum absolute atomic E-state index is 3.93. The van der Waals surface area contributed by atoms with E-state index in [0.29, 0.717) is 11.8 Å². The van der Waals surface area contributed by atoms with E-state index in [2.05, 4.69) is 29.5 Å². The second kappa shape index (κ2) is 4.37. The van der Waals surface area contributed by atoms with E-state index in [9.17, 15) is 0 Å². The highest BCUT2D eigenvalue weighted by Gasteiger charge is 2.16. The minimum atomic E-state index is 0.493. The third kappa shape index (κ3) is 2.28. The van der Waals surface area contributed by atoms with Crippen molar-refractivity contribution < 1.29 is 0 Å². The first kappa shape index (κ1) is 10.2. The van der Waals surface area contributed by atoms with Crippen LogP contribution in [0.15, 0.2) is 6.20 Å². The van der Waals surface area contributed by atoms with Crippen molar-refractivity contribution >= 4 is 0 Å². The molecular weight excluding hydrogens is 164 g/mol. The molecule has 0 amide bonds. The summed E-state index contributed by atoms with van der Waals surface area (Å²) in [5.41, 5.74) is 1.20. The summed E-state index contributed by atoms with van der Waals surface area (Å²) in [6.45, 7) is 5.46. The normalized spacial score (nSPS) is 15.7. The molecule has 1 N–H and O–H groups in total. The van der Waals surface area contributed by atoms with Crippen molar-refractivity contribution in [3.63, 3.8) is 0 Å². The summed E-state index contributed by atoms with van der Waals surface area (Å²) >= 11 is 0. The quantitative estimate of drug-likeness (QED) is 0.748. The van der Waals surface area contributed by atoms with Gasteiger partial charge in [-0.3, -0.25) is 4.68 Å². The predicted octanol–water partition coefficient (Wildman–Crippen LogP) is 0.774. The number of aromatic nitrogens is 3. The molecule has 0 aliphatic rings. The van der Waals surface area contributed by atoms with E-state index in [1.807, 2.05) is 25.0 Å². The van der Waals surface area contributed by atoms with Gasteiger partial charge in [0.1, 0.15) is 0 Å². The SMILES string of the molecule is CNCC(C)C(C)c1cnnn1C. The molecule has 4 nitrogen and oxygen atoms in total. The van der Waals surface area contributed by atoms with E-state index >= 15 is 0 Å². The van der Waals surface area contributed by atoms with Crippen molar-refractivity contribution in [2.24, 2.45) is 13.0 Å². The summed E-state index contributed by atoms with van der Waals surface area (Å²) in [5.74, 6) is 1.09. The van der Waals surface area contributed by atoms with Crippen LogP contribution in [0.4, 0.5) is 0 Å². The molecule has 0 saturated heterocycles. The molecule has 2 atom stereocenters. The summed E-state index contributed by atoms with van der Waals surface area (Å²) in [6.07, 6.45) is 1.84. The molecule has 0 radical (unpaired) electrons. The number of hydrogen-bond acceptors (Lipinski definition) is 3. The second-order valence-corrected chi connectivity index (χ2v) is 3.61. The van der Waals surface area contributed by atoms with Crippen LogP contribution in [0, 0.1) is 5.92 Å². The van der Waals surface area contributed by atoms with Crippen LogP contribution in [0.25, 0.3) is 0 Å². The van der Waals surface area contributed by atoms with Gasteiger partial charge >= 0.3 is 0 Å². The minimum Gasteiger partial charge on any atom is -0.319 e. The summed E-state index contributed by atoms with van der Waals surface area (Å²) in [7, 11) is 3.91. The van der Waals surface area contributed by atoms with Gasteiger partial charge in [0.2, 0.25) is 0 Å². The molecule has 0 saturated carbocycles. The lowest BCUT2D eigenvalue weighted by molar-refractivity contribution is 0.444. The maximum Gasteiger partial charge on any atom is 0.0727 e. The van der Waals surface area contributed by atoms with Gasteiger partial charge in [-0.25, -0.2) is 0 Å². The summed E-state index contributed by atoms with van der Waals surface area (Å²) in [4.78, 5) is 0. The van der Waals surface area contributed by atoms with Gasteiger partial charge in [0.05, 0.1) is 11.9 Å². The Morgan fingerprint density at radius 2 is 2.23 bits per heavy atom. The first-order chi connectivity index (χ1) is 6.16. The van der Waals surface area contributed by atoms with Crippen LogP contribution in [0.5, 0.6) is 0 Å². The molecule has 0 bridgehead atoms. The van der Waals surface area contributed by atoms with Gasteiger partial charge in [-0.1, -0.05) is 19.1 Å². The largest absolute Gasteiger partial charge is 0.319 e. The molecule has 74 valence electrons. The predicted molar refractivity (Wildman–Crippen MR) is 52.5 cm³/mol. The van der Waals surface area contributed by atoms with Crippen LogP contribution in [0.2, 0.25) is 0 Å². The number of hydrogen-bond donors (Lipinski definition) is 1. The molecule has 1 aromatic rings. The standard InChI is InChI=1S/C9H18N4/c1-7(5-10-3)8(2)9-6-11-12-13(9)4/h6-8,10H,5H2,1-4H3. The summed E-state index contributed by atoms with van der Waals surface area (Å²) in [6, 6.07) is 0. The van der Waals surface area contributed by atoms with Crippen LogP contribution < -0.4 is 5.32 Å². The zero-order valence-electron chi connectivity index (χ0n) is 8.78. The molecule has 1 heterocycles. The average Bonchev–Trinajstić information content (AvgIpc) is 2.50. The van der Waals surface area contributed by atoms with Crippen molar-refractivity contribution in [3.05, 3.63) is 11.9 Å². The molecule has 0 spiro atoms. The van der Waals surface area contributed by atoms with Crippen molar-refractivity contribution in [1.82, 2.24) is 20.3 Å².